The van der Waals surface area contributed by atoms with Gasteiger partial charge in [-0.15, -0.1) is 0 Å². The van der Waals surface area contributed by atoms with Crippen LogP contribution >= 0.6 is 22.6 Å². The van der Waals surface area contributed by atoms with E-state index in [1.54, 1.807) is 12.1 Å². The van der Waals surface area contributed by atoms with Crippen molar-refractivity contribution in [3.63, 3.8) is 0 Å². The van der Waals surface area contributed by atoms with Crippen molar-refractivity contribution < 1.29 is 14.7 Å². The van der Waals surface area contributed by atoms with Crippen molar-refractivity contribution in [1.29, 1.82) is 0 Å². The molecule has 1 heterocycles. The highest BCUT2D eigenvalue weighted by Crippen LogP contribution is 2.19. The summed E-state index contributed by atoms with van der Waals surface area (Å²) in [6.07, 6.45) is 0.287. The van der Waals surface area contributed by atoms with E-state index in [4.69, 9.17) is 5.11 Å². The number of hydrogen-bond donors (Lipinski definition) is 2. The van der Waals surface area contributed by atoms with Crippen molar-refractivity contribution in [3.05, 3.63) is 27.8 Å². The van der Waals surface area contributed by atoms with Crippen LogP contribution in [0.15, 0.2) is 24.3 Å². The normalized spacial score (nSPS) is 18.7. The van der Waals surface area contributed by atoms with Gasteiger partial charge < -0.3 is 10.4 Å². The highest BCUT2D eigenvalue weighted by molar-refractivity contribution is 14.1. The first-order valence-electron chi connectivity index (χ1n) is 5.64. The molecule has 0 bridgehead atoms. The fourth-order valence-corrected chi connectivity index (χ4v) is 2.39. The molecule has 1 aromatic rings. The Morgan fingerprint density at radius 1 is 1.33 bits per heavy atom. The summed E-state index contributed by atoms with van der Waals surface area (Å²) in [5, 5.41) is 11.7. The van der Waals surface area contributed by atoms with E-state index in [-0.39, 0.29) is 5.91 Å². The molecule has 0 aliphatic carbocycles. The Morgan fingerprint density at radius 3 is 2.61 bits per heavy atom. The van der Waals surface area contributed by atoms with Crippen LogP contribution in [0.2, 0.25) is 0 Å². The van der Waals surface area contributed by atoms with Gasteiger partial charge in [-0.05, 0) is 59.7 Å². The van der Waals surface area contributed by atoms with Gasteiger partial charge in [0.25, 0.3) is 0 Å². The Labute approximate surface area is 118 Å². The zero-order chi connectivity index (χ0) is 13.1. The smallest absolute Gasteiger partial charge is 0.407 e. The van der Waals surface area contributed by atoms with E-state index in [0.717, 1.165) is 9.99 Å². The predicted molar refractivity (Wildman–Crippen MR) is 75.5 cm³/mol. The SMILES string of the molecule is O=C(Nc1ccc(I)cc1)C1CCCN1C(=O)O. The second-order valence-corrected chi connectivity index (χ2v) is 5.38. The third kappa shape index (κ3) is 2.92. The summed E-state index contributed by atoms with van der Waals surface area (Å²) in [6.45, 7) is 0.431. The molecule has 1 aliphatic heterocycles. The molecule has 96 valence electrons. The van der Waals surface area contributed by atoms with Gasteiger partial charge >= 0.3 is 6.09 Å². The number of carbonyl (C=O) groups is 2. The Kier molecular flexibility index (Phi) is 4.05. The first-order chi connectivity index (χ1) is 8.58. The van der Waals surface area contributed by atoms with Crippen LogP contribution in [-0.4, -0.2) is 34.6 Å². The van der Waals surface area contributed by atoms with Crippen LogP contribution in [0.4, 0.5) is 10.5 Å². The Morgan fingerprint density at radius 2 is 2.00 bits per heavy atom. The quantitative estimate of drug-likeness (QED) is 0.796. The minimum absolute atomic E-state index is 0.254. The molecule has 2 N–H and O–H groups in total. The monoisotopic (exact) mass is 360 g/mol. The van der Waals surface area contributed by atoms with Crippen LogP contribution < -0.4 is 5.32 Å². The second-order valence-electron chi connectivity index (χ2n) is 4.13. The minimum atomic E-state index is -1.03. The highest BCUT2D eigenvalue weighted by atomic mass is 127. The van der Waals surface area contributed by atoms with Gasteiger partial charge in [-0.25, -0.2) is 4.79 Å². The van der Waals surface area contributed by atoms with Crippen LogP contribution in [0, 0.1) is 3.57 Å². The summed E-state index contributed by atoms with van der Waals surface area (Å²) >= 11 is 2.18. The van der Waals surface area contributed by atoms with Gasteiger partial charge in [0.15, 0.2) is 0 Å². The van der Waals surface area contributed by atoms with E-state index in [1.807, 2.05) is 12.1 Å². The number of nitrogens with zero attached hydrogens (tertiary/aromatic N) is 1. The highest BCUT2D eigenvalue weighted by Gasteiger charge is 2.33. The number of amides is 2. The molecule has 0 radical (unpaired) electrons. The van der Waals surface area contributed by atoms with Gasteiger partial charge in [0, 0.05) is 15.8 Å². The first-order valence-corrected chi connectivity index (χ1v) is 6.72. The number of rotatable bonds is 2. The fourth-order valence-electron chi connectivity index (χ4n) is 2.03. The summed E-state index contributed by atoms with van der Waals surface area (Å²) in [6, 6.07) is 6.82. The molecule has 1 saturated heterocycles. The molecule has 0 spiro atoms. The molecule has 0 aromatic heterocycles. The topological polar surface area (TPSA) is 69.6 Å². The number of nitrogens with one attached hydrogen (secondary N) is 1. The van der Waals surface area contributed by atoms with Crippen molar-refractivity contribution in [2.75, 3.05) is 11.9 Å². The molecule has 1 atom stereocenters. The molecule has 18 heavy (non-hydrogen) atoms. The van der Waals surface area contributed by atoms with Gasteiger partial charge in [-0.2, -0.15) is 0 Å². The molecule has 1 aliphatic rings. The maximum absolute atomic E-state index is 12.0. The van der Waals surface area contributed by atoms with Crippen LogP contribution in [0.5, 0.6) is 0 Å². The van der Waals surface area contributed by atoms with E-state index in [1.165, 1.54) is 4.90 Å². The Bertz CT molecular complexity index is 461. The summed E-state index contributed by atoms with van der Waals surface area (Å²) in [5.74, 6) is -0.254. The Hall–Kier alpha value is -1.31. The largest absolute Gasteiger partial charge is 0.465 e. The number of hydrogen-bond acceptors (Lipinski definition) is 2. The summed E-state index contributed by atoms with van der Waals surface area (Å²) < 4.78 is 1.08. The standard InChI is InChI=1S/C12H13IN2O3/c13-8-3-5-9(6-4-8)14-11(16)10-2-1-7-15(10)12(17)18/h3-6,10H,1-2,7H2,(H,14,16)(H,17,18). The van der Waals surface area contributed by atoms with Crippen molar-refractivity contribution >= 4 is 40.3 Å². The lowest BCUT2D eigenvalue weighted by Crippen LogP contribution is -2.42. The fraction of sp³-hybridized carbons (Fsp3) is 0.333. The number of carbonyl (C=O) groups excluding carboxylic acids is 1. The molecule has 2 amide bonds. The molecule has 0 saturated carbocycles. The lowest BCUT2D eigenvalue weighted by molar-refractivity contribution is -0.119. The van der Waals surface area contributed by atoms with Gasteiger partial charge in [-0.3, -0.25) is 9.69 Å². The van der Waals surface area contributed by atoms with Crippen molar-refractivity contribution in [2.45, 2.75) is 18.9 Å². The minimum Gasteiger partial charge on any atom is -0.465 e. The van der Waals surface area contributed by atoms with E-state index >= 15 is 0 Å². The van der Waals surface area contributed by atoms with Crippen molar-refractivity contribution in [3.8, 4) is 0 Å². The number of benzene rings is 1. The lowest BCUT2D eigenvalue weighted by atomic mass is 10.2. The van der Waals surface area contributed by atoms with Gasteiger partial charge in [-0.1, -0.05) is 0 Å². The zero-order valence-corrected chi connectivity index (χ0v) is 11.8. The maximum atomic E-state index is 12.0. The first kappa shape index (κ1) is 13.1. The van der Waals surface area contributed by atoms with Crippen molar-refractivity contribution in [1.82, 2.24) is 4.90 Å². The van der Waals surface area contributed by atoms with Crippen LogP contribution in [-0.2, 0) is 4.79 Å². The molecular weight excluding hydrogens is 347 g/mol. The van der Waals surface area contributed by atoms with E-state index in [9.17, 15) is 9.59 Å². The molecular formula is C12H13IN2O3. The second kappa shape index (κ2) is 5.55. The number of likely N-dealkylation sites (tertiary alicyclic amines) is 1. The summed E-state index contributed by atoms with van der Waals surface area (Å²) in [5.41, 5.74) is 0.692. The van der Waals surface area contributed by atoms with Gasteiger partial charge in [0.05, 0.1) is 0 Å². The van der Waals surface area contributed by atoms with Crippen LogP contribution in [0.3, 0.4) is 0 Å². The molecule has 1 fully saturated rings. The zero-order valence-electron chi connectivity index (χ0n) is 9.60. The third-order valence-corrected chi connectivity index (χ3v) is 3.63. The van der Waals surface area contributed by atoms with Gasteiger partial charge in [0.1, 0.15) is 6.04 Å². The summed E-state index contributed by atoms with van der Waals surface area (Å²) in [4.78, 5) is 24.2. The molecule has 5 nitrogen and oxygen atoms in total. The molecule has 2 rings (SSSR count). The van der Waals surface area contributed by atoms with E-state index < -0.39 is 12.1 Å². The molecule has 1 unspecified atom stereocenters. The lowest BCUT2D eigenvalue weighted by Gasteiger charge is -2.20. The molecule has 1 aromatic carbocycles. The van der Waals surface area contributed by atoms with E-state index in [2.05, 4.69) is 27.9 Å². The van der Waals surface area contributed by atoms with Gasteiger partial charge in [0.2, 0.25) is 5.91 Å². The van der Waals surface area contributed by atoms with E-state index in [0.29, 0.717) is 18.7 Å². The van der Waals surface area contributed by atoms with Crippen LogP contribution in [0.1, 0.15) is 12.8 Å². The number of anilines is 1. The molecule has 6 heteroatoms. The van der Waals surface area contributed by atoms with Crippen LogP contribution in [0.25, 0.3) is 0 Å². The maximum Gasteiger partial charge on any atom is 0.407 e. The predicted octanol–water partition coefficient (Wildman–Crippen LogP) is 2.37. The Balaban J connectivity index is 2.03. The average Bonchev–Trinajstić information content (AvgIpc) is 2.81. The van der Waals surface area contributed by atoms with Crippen molar-refractivity contribution in [2.24, 2.45) is 0 Å². The average molecular weight is 360 g/mol. The number of carboxylic acid groups (broad SMARTS) is 1. The third-order valence-electron chi connectivity index (χ3n) is 2.91. The number of halogens is 1. The summed E-state index contributed by atoms with van der Waals surface area (Å²) in [7, 11) is 0.